The maximum atomic E-state index is 13.6. The average molecular weight is 663 g/mol. The number of aromatic amines is 1. The van der Waals surface area contributed by atoms with Crippen LogP contribution < -0.4 is 11.2 Å². The highest BCUT2D eigenvalue weighted by molar-refractivity contribution is 7.58. The first-order valence-electron chi connectivity index (χ1n) is 14.8. The summed E-state index contributed by atoms with van der Waals surface area (Å²) in [4.78, 5) is 27.5. The second kappa shape index (κ2) is 18.4. The molecular weight excluding hydrogens is 614 g/mol. The Hall–Kier alpha value is -1.75. The highest BCUT2D eigenvalue weighted by Gasteiger charge is 2.51. The first-order chi connectivity index (χ1) is 20.8. The number of nitrogens with zero attached hydrogens (tertiary/aromatic N) is 3. The smallest absolute Gasteiger partial charge is 0.356 e. The fourth-order valence-corrected chi connectivity index (χ4v) is 8.04. The molecule has 44 heavy (non-hydrogen) atoms. The first-order valence-corrected chi connectivity index (χ1v) is 17.4. The van der Waals surface area contributed by atoms with Crippen molar-refractivity contribution in [1.29, 1.82) is 5.26 Å². The molecule has 0 saturated carbocycles. The number of nitriles is 1. The lowest BCUT2D eigenvalue weighted by Gasteiger charge is -2.38. The molecule has 5 atom stereocenters. The fraction of sp³-hybridized carbons (Fsp3) is 0.750. The Labute approximate surface area is 261 Å². The largest absolute Gasteiger partial charge is 0.382 e. The Morgan fingerprint density at radius 3 is 2.34 bits per heavy atom. The number of rotatable bonds is 20. The third-order valence-electron chi connectivity index (χ3n) is 6.60. The summed E-state index contributed by atoms with van der Waals surface area (Å²) in [6.45, 7) is 17.8. The van der Waals surface area contributed by atoms with Crippen LogP contribution in [0, 0.1) is 18.3 Å². The van der Waals surface area contributed by atoms with E-state index in [1.165, 1.54) is 17.9 Å². The maximum Gasteiger partial charge on any atom is 0.356 e. The van der Waals surface area contributed by atoms with Crippen LogP contribution in [-0.4, -0.2) is 84.8 Å². The Kier molecular flexibility index (Phi) is 16.1. The van der Waals surface area contributed by atoms with Gasteiger partial charge in [-0.2, -0.15) is 5.26 Å². The van der Waals surface area contributed by atoms with Crippen LogP contribution in [0.15, 0.2) is 27.7 Å². The molecule has 14 nitrogen and oxygen atoms in total. The molecule has 0 aromatic carbocycles. The SMILES string of the molecule is C=C(C[C@H]1O[C@@H](n2cc(C)c(=O)[nH]c2=O)[C@H](OCCOC)[C@@H]1OP(OCCC#N)N(C(C)C)C(C)C)P(=O)(OCC)OCC. The number of aryl methyl sites for hydroxylation is 1. The van der Waals surface area contributed by atoms with Crippen LogP contribution in [0.3, 0.4) is 0 Å². The van der Waals surface area contributed by atoms with Crippen molar-refractivity contribution in [2.75, 3.05) is 40.1 Å². The normalized spacial score (nSPS) is 21.3. The monoisotopic (exact) mass is 662 g/mol. The van der Waals surface area contributed by atoms with E-state index < -0.39 is 51.9 Å². The number of hydrogen-bond acceptors (Lipinski definition) is 12. The van der Waals surface area contributed by atoms with Crippen LogP contribution >= 0.6 is 16.1 Å². The first kappa shape index (κ1) is 38.4. The van der Waals surface area contributed by atoms with Crippen LogP contribution in [0.5, 0.6) is 0 Å². The van der Waals surface area contributed by atoms with E-state index in [2.05, 4.69) is 22.3 Å². The average Bonchev–Trinajstić information content (AvgIpc) is 3.26. The van der Waals surface area contributed by atoms with Gasteiger partial charge in [-0.3, -0.25) is 18.9 Å². The summed E-state index contributed by atoms with van der Waals surface area (Å²) < 4.78 is 58.8. The van der Waals surface area contributed by atoms with Gasteiger partial charge >= 0.3 is 13.3 Å². The Balaban J connectivity index is 2.67. The molecule has 0 aliphatic carbocycles. The van der Waals surface area contributed by atoms with E-state index in [1.807, 2.05) is 27.7 Å². The molecule has 2 rings (SSSR count). The molecule has 0 bridgehead atoms. The molecule has 1 saturated heterocycles. The van der Waals surface area contributed by atoms with Crippen LogP contribution in [-0.2, 0) is 36.9 Å². The van der Waals surface area contributed by atoms with Crippen molar-refractivity contribution < 1.29 is 36.9 Å². The van der Waals surface area contributed by atoms with Crippen LogP contribution in [0.2, 0.25) is 0 Å². The quantitative estimate of drug-likeness (QED) is 0.153. The molecule has 1 fully saturated rings. The summed E-state index contributed by atoms with van der Waals surface area (Å²) in [7, 11) is -3.99. The van der Waals surface area contributed by atoms with E-state index in [4.69, 9.17) is 37.6 Å². The van der Waals surface area contributed by atoms with Crippen molar-refractivity contribution in [1.82, 2.24) is 14.2 Å². The molecule has 1 unspecified atom stereocenters. The van der Waals surface area contributed by atoms with E-state index in [1.54, 1.807) is 20.8 Å². The van der Waals surface area contributed by atoms with Crippen molar-refractivity contribution in [3.63, 3.8) is 0 Å². The molecule has 0 amide bonds. The van der Waals surface area contributed by atoms with Gasteiger partial charge in [0.15, 0.2) is 6.23 Å². The topological polar surface area (TPSA) is 164 Å². The molecule has 1 aliphatic rings. The van der Waals surface area contributed by atoms with Crippen molar-refractivity contribution in [2.24, 2.45) is 0 Å². The summed E-state index contributed by atoms with van der Waals surface area (Å²) in [6.07, 6.45) is -2.18. The molecule has 0 radical (unpaired) electrons. The predicted molar refractivity (Wildman–Crippen MR) is 166 cm³/mol. The molecule has 1 aliphatic heterocycles. The van der Waals surface area contributed by atoms with Gasteiger partial charge in [-0.1, -0.05) is 6.58 Å². The van der Waals surface area contributed by atoms with Gasteiger partial charge < -0.3 is 32.3 Å². The lowest BCUT2D eigenvalue weighted by Crippen LogP contribution is -2.42. The molecule has 16 heteroatoms. The summed E-state index contributed by atoms with van der Waals surface area (Å²) in [5, 5.41) is 9.34. The van der Waals surface area contributed by atoms with Gasteiger partial charge in [-0.05, 0) is 48.5 Å². The number of hydrogen-bond donors (Lipinski definition) is 1. The maximum absolute atomic E-state index is 13.6. The number of aromatic nitrogens is 2. The summed E-state index contributed by atoms with van der Waals surface area (Å²) in [5.74, 6) is 0. The van der Waals surface area contributed by atoms with Crippen LogP contribution in [0.1, 0.15) is 66.2 Å². The van der Waals surface area contributed by atoms with Crippen LogP contribution in [0.25, 0.3) is 0 Å². The van der Waals surface area contributed by atoms with Crippen molar-refractivity contribution >= 4 is 16.1 Å². The predicted octanol–water partition coefficient (Wildman–Crippen LogP) is 4.61. The third kappa shape index (κ3) is 10.1. The van der Waals surface area contributed by atoms with Gasteiger partial charge in [0.25, 0.3) is 14.1 Å². The number of H-pyrrole nitrogens is 1. The van der Waals surface area contributed by atoms with Gasteiger partial charge in [-0.15, -0.1) is 0 Å². The Bertz CT molecular complexity index is 1250. The minimum absolute atomic E-state index is 0.00295. The second-order valence-electron chi connectivity index (χ2n) is 10.6. The van der Waals surface area contributed by atoms with Gasteiger partial charge in [0, 0.05) is 42.7 Å². The summed E-state index contributed by atoms with van der Waals surface area (Å²) >= 11 is 0. The fourth-order valence-electron chi connectivity index (χ4n) is 4.75. The van der Waals surface area contributed by atoms with Gasteiger partial charge in [0.1, 0.15) is 12.2 Å². The van der Waals surface area contributed by atoms with E-state index >= 15 is 0 Å². The standard InChI is InChI=1S/C28H48N4O10P2/c1-10-39-44(35,40-11-2)22(8)17-23-24(42-43(38-14-12-13-29)32(19(3)4)20(5)6)25(37-16-15-36-9)27(41-23)31-18-21(7)26(33)30-28(31)34/h18-20,23-25,27H,8,10-12,14-17H2,1-7,9H3,(H,30,33,34)/t23-,24-,25-,27-,43?/m1/s1. The zero-order valence-electron chi connectivity index (χ0n) is 27.0. The zero-order chi connectivity index (χ0) is 33.0. The molecular formula is C28H48N4O10P2. The molecule has 1 aromatic heterocycles. The van der Waals surface area contributed by atoms with E-state index in [-0.39, 0.29) is 63.3 Å². The molecule has 1 N–H and O–H groups in total. The Morgan fingerprint density at radius 1 is 1.16 bits per heavy atom. The third-order valence-corrected chi connectivity index (χ3v) is 10.9. The summed E-state index contributed by atoms with van der Waals surface area (Å²) in [6, 6.07) is 2.09. The molecule has 250 valence electrons. The minimum Gasteiger partial charge on any atom is -0.382 e. The van der Waals surface area contributed by atoms with Gasteiger partial charge in [0.2, 0.25) is 0 Å². The number of nitrogens with one attached hydrogen (secondary N) is 1. The summed E-state index contributed by atoms with van der Waals surface area (Å²) in [5.41, 5.74) is -0.927. The number of ether oxygens (including phenoxy) is 3. The number of methoxy groups -OCH3 is 1. The second-order valence-corrected chi connectivity index (χ2v) is 14.1. The van der Waals surface area contributed by atoms with E-state index in [0.717, 1.165) is 0 Å². The van der Waals surface area contributed by atoms with Crippen molar-refractivity contribution in [3.05, 3.63) is 44.5 Å². The van der Waals surface area contributed by atoms with Crippen LogP contribution in [0.4, 0.5) is 0 Å². The Morgan fingerprint density at radius 2 is 1.80 bits per heavy atom. The van der Waals surface area contributed by atoms with E-state index in [9.17, 15) is 14.2 Å². The molecule has 1 aromatic rings. The molecule has 0 spiro atoms. The minimum atomic E-state index is -3.74. The van der Waals surface area contributed by atoms with E-state index in [0.29, 0.717) is 5.56 Å². The highest BCUT2D eigenvalue weighted by atomic mass is 31.2. The lowest BCUT2D eigenvalue weighted by atomic mass is 10.1. The lowest BCUT2D eigenvalue weighted by molar-refractivity contribution is -0.0784. The van der Waals surface area contributed by atoms with Gasteiger partial charge in [-0.25, -0.2) is 9.46 Å². The van der Waals surface area contributed by atoms with Crippen molar-refractivity contribution in [2.45, 2.75) is 97.9 Å². The highest BCUT2D eigenvalue weighted by Crippen LogP contribution is 2.58. The van der Waals surface area contributed by atoms with Crippen molar-refractivity contribution in [3.8, 4) is 6.07 Å². The zero-order valence-corrected chi connectivity index (χ0v) is 28.8. The molecule has 2 heterocycles. The van der Waals surface area contributed by atoms with Gasteiger partial charge in [0.05, 0.1) is 51.6 Å².